The van der Waals surface area contributed by atoms with E-state index in [1.807, 2.05) is 17.9 Å². The molecule has 4 nitrogen and oxygen atoms in total. The molecule has 1 aliphatic carbocycles. The molecule has 0 saturated heterocycles. The molecule has 3 aromatic rings. The summed E-state index contributed by atoms with van der Waals surface area (Å²) >= 11 is 0. The Bertz CT molecular complexity index is 904. The number of pyridine rings is 1. The first-order valence-corrected chi connectivity index (χ1v) is 9.62. The molecule has 0 atom stereocenters. The number of fused-ring (bicyclic) bond motifs is 1. The fourth-order valence-electron chi connectivity index (χ4n) is 3.67. The van der Waals surface area contributed by atoms with E-state index in [9.17, 15) is 0 Å². The molecular weight excluding hydrogens is 320 g/mol. The molecule has 1 aliphatic rings. The van der Waals surface area contributed by atoms with Crippen molar-refractivity contribution >= 4 is 11.0 Å². The van der Waals surface area contributed by atoms with E-state index in [1.165, 1.54) is 34.9 Å². The second kappa shape index (κ2) is 6.84. The molecule has 0 bridgehead atoms. The summed E-state index contributed by atoms with van der Waals surface area (Å²) in [5, 5.41) is 5.66. The highest BCUT2D eigenvalue weighted by molar-refractivity contribution is 5.78. The van der Waals surface area contributed by atoms with Crippen molar-refractivity contribution < 1.29 is 0 Å². The highest BCUT2D eigenvalue weighted by Gasteiger charge is 2.29. The maximum absolute atomic E-state index is 4.65. The van der Waals surface area contributed by atoms with Crippen molar-refractivity contribution in [1.82, 2.24) is 19.7 Å². The normalized spacial score (nSPS) is 14.7. The summed E-state index contributed by atoms with van der Waals surface area (Å²) in [7, 11) is 1.96. The summed E-state index contributed by atoms with van der Waals surface area (Å²) < 4.78 is 1.86. The third-order valence-corrected chi connectivity index (χ3v) is 5.40. The number of benzene rings is 1. The van der Waals surface area contributed by atoms with Crippen LogP contribution in [-0.2, 0) is 20.1 Å². The van der Waals surface area contributed by atoms with Gasteiger partial charge in [0.25, 0.3) is 0 Å². The van der Waals surface area contributed by atoms with Gasteiger partial charge in [-0.15, -0.1) is 0 Å². The van der Waals surface area contributed by atoms with Gasteiger partial charge in [0.15, 0.2) is 5.65 Å². The Labute approximate surface area is 155 Å². The first-order valence-electron chi connectivity index (χ1n) is 9.62. The van der Waals surface area contributed by atoms with Gasteiger partial charge in [0.2, 0.25) is 0 Å². The number of nitrogens with zero attached hydrogens (tertiary/aromatic N) is 4. The minimum absolute atomic E-state index is 0.587. The zero-order valence-corrected chi connectivity index (χ0v) is 16.2. The number of aryl methyl sites for hydroxylation is 2. The molecule has 1 fully saturated rings. The van der Waals surface area contributed by atoms with E-state index in [2.05, 4.69) is 66.1 Å². The van der Waals surface area contributed by atoms with E-state index in [0.29, 0.717) is 12.0 Å². The summed E-state index contributed by atoms with van der Waals surface area (Å²) in [5.41, 5.74) is 6.10. The maximum Gasteiger partial charge on any atom is 0.157 e. The Morgan fingerprint density at radius 1 is 1.12 bits per heavy atom. The van der Waals surface area contributed by atoms with Crippen molar-refractivity contribution in [3.63, 3.8) is 0 Å². The summed E-state index contributed by atoms with van der Waals surface area (Å²) in [5.74, 6) is 0.587. The SMILES string of the molecule is Cc1nn(C)c2ncc(CN(Cc3ccc(C(C)C)cc3)C3CC3)cc12. The third kappa shape index (κ3) is 3.51. The van der Waals surface area contributed by atoms with Crippen molar-refractivity contribution in [1.29, 1.82) is 0 Å². The number of rotatable bonds is 6. The van der Waals surface area contributed by atoms with Crippen molar-refractivity contribution in [2.24, 2.45) is 7.05 Å². The second-order valence-electron chi connectivity index (χ2n) is 7.96. The number of hydrogen-bond acceptors (Lipinski definition) is 3. The van der Waals surface area contributed by atoms with E-state index >= 15 is 0 Å². The van der Waals surface area contributed by atoms with Gasteiger partial charge >= 0.3 is 0 Å². The van der Waals surface area contributed by atoms with Crippen LogP contribution in [0.15, 0.2) is 36.5 Å². The highest BCUT2D eigenvalue weighted by Crippen LogP contribution is 2.30. The lowest BCUT2D eigenvalue weighted by atomic mass is 10.0. The quantitative estimate of drug-likeness (QED) is 0.654. The smallest absolute Gasteiger partial charge is 0.157 e. The van der Waals surface area contributed by atoms with Crippen molar-refractivity contribution in [3.8, 4) is 0 Å². The fraction of sp³-hybridized carbons (Fsp3) is 0.455. The van der Waals surface area contributed by atoms with Gasteiger partial charge < -0.3 is 0 Å². The van der Waals surface area contributed by atoms with Crippen LogP contribution in [0.3, 0.4) is 0 Å². The van der Waals surface area contributed by atoms with Gasteiger partial charge in [-0.1, -0.05) is 38.1 Å². The molecule has 0 spiro atoms. The van der Waals surface area contributed by atoms with Crippen LogP contribution in [-0.4, -0.2) is 25.7 Å². The molecule has 0 aliphatic heterocycles. The Hall–Kier alpha value is -2.20. The molecule has 0 N–H and O–H groups in total. The Balaban J connectivity index is 1.53. The molecule has 1 aromatic carbocycles. The minimum Gasteiger partial charge on any atom is -0.292 e. The van der Waals surface area contributed by atoms with Crippen LogP contribution >= 0.6 is 0 Å². The molecule has 4 rings (SSSR count). The Morgan fingerprint density at radius 2 is 1.81 bits per heavy atom. The predicted octanol–water partition coefficient (Wildman–Crippen LogP) is 4.56. The molecule has 2 heterocycles. The summed E-state index contributed by atoms with van der Waals surface area (Å²) in [6.07, 6.45) is 4.64. The summed E-state index contributed by atoms with van der Waals surface area (Å²) in [6, 6.07) is 12.1. The van der Waals surface area contributed by atoms with E-state index in [0.717, 1.165) is 24.4 Å². The number of aromatic nitrogens is 3. The lowest BCUT2D eigenvalue weighted by Gasteiger charge is -2.22. The van der Waals surface area contributed by atoms with Crippen molar-refractivity contribution in [3.05, 3.63) is 58.9 Å². The molecule has 136 valence electrons. The van der Waals surface area contributed by atoms with Crippen molar-refractivity contribution in [2.45, 2.75) is 58.7 Å². The van der Waals surface area contributed by atoms with Crippen LogP contribution in [0.4, 0.5) is 0 Å². The van der Waals surface area contributed by atoms with E-state index in [4.69, 9.17) is 0 Å². The molecule has 26 heavy (non-hydrogen) atoms. The largest absolute Gasteiger partial charge is 0.292 e. The van der Waals surface area contributed by atoms with Gasteiger partial charge in [-0.3, -0.25) is 9.58 Å². The van der Waals surface area contributed by atoms with Crippen LogP contribution < -0.4 is 0 Å². The van der Waals surface area contributed by atoms with Gasteiger partial charge in [-0.05, 0) is 48.4 Å². The van der Waals surface area contributed by atoms with Gasteiger partial charge in [0.05, 0.1) is 5.69 Å². The molecule has 0 radical (unpaired) electrons. The first-order chi connectivity index (χ1) is 12.5. The Kier molecular flexibility index (Phi) is 4.53. The van der Waals surface area contributed by atoms with Gasteiger partial charge in [-0.2, -0.15) is 5.10 Å². The summed E-state index contributed by atoms with van der Waals surface area (Å²) in [6.45, 7) is 8.51. The average Bonchev–Trinajstić information content (AvgIpc) is 3.42. The zero-order chi connectivity index (χ0) is 18.3. The monoisotopic (exact) mass is 348 g/mol. The van der Waals surface area contributed by atoms with Crippen LogP contribution in [0.5, 0.6) is 0 Å². The highest BCUT2D eigenvalue weighted by atomic mass is 15.3. The van der Waals surface area contributed by atoms with Gasteiger partial charge in [0, 0.05) is 37.8 Å². The minimum atomic E-state index is 0.587. The van der Waals surface area contributed by atoms with E-state index < -0.39 is 0 Å². The second-order valence-corrected chi connectivity index (χ2v) is 7.96. The zero-order valence-electron chi connectivity index (χ0n) is 16.2. The topological polar surface area (TPSA) is 34.0 Å². The van der Waals surface area contributed by atoms with Crippen LogP contribution in [0.25, 0.3) is 11.0 Å². The Morgan fingerprint density at radius 3 is 2.46 bits per heavy atom. The van der Waals surface area contributed by atoms with Crippen LogP contribution in [0.2, 0.25) is 0 Å². The lowest BCUT2D eigenvalue weighted by Crippen LogP contribution is -2.25. The molecule has 4 heteroatoms. The van der Waals surface area contributed by atoms with Gasteiger partial charge in [-0.25, -0.2) is 4.98 Å². The standard InChI is InChI=1S/C22H28N4/c1-15(2)19-7-5-17(6-8-19)13-26(20-9-10-20)14-18-11-21-16(3)24-25(4)22(21)23-12-18/h5-8,11-12,15,20H,9-10,13-14H2,1-4H3. The predicted molar refractivity (Wildman–Crippen MR) is 106 cm³/mol. The van der Waals surface area contributed by atoms with Crippen LogP contribution in [0.1, 0.15) is 55.0 Å². The van der Waals surface area contributed by atoms with E-state index in [1.54, 1.807) is 0 Å². The molecule has 2 aromatic heterocycles. The molecular formula is C22H28N4. The van der Waals surface area contributed by atoms with Crippen LogP contribution in [0, 0.1) is 6.92 Å². The third-order valence-electron chi connectivity index (χ3n) is 5.40. The first kappa shape index (κ1) is 17.2. The average molecular weight is 348 g/mol. The van der Waals surface area contributed by atoms with E-state index in [-0.39, 0.29) is 0 Å². The molecule has 0 amide bonds. The lowest BCUT2D eigenvalue weighted by molar-refractivity contribution is 0.245. The van der Waals surface area contributed by atoms with Crippen molar-refractivity contribution in [2.75, 3.05) is 0 Å². The fourth-order valence-corrected chi connectivity index (χ4v) is 3.67. The number of hydrogen-bond donors (Lipinski definition) is 0. The maximum atomic E-state index is 4.65. The van der Waals surface area contributed by atoms with Gasteiger partial charge in [0.1, 0.15) is 0 Å². The molecule has 0 unspecified atom stereocenters. The summed E-state index contributed by atoms with van der Waals surface area (Å²) in [4.78, 5) is 7.24. The molecule has 1 saturated carbocycles.